The normalized spacial score (nSPS) is 17.3. The van der Waals surface area contributed by atoms with Crippen LogP contribution in [-0.2, 0) is 11.3 Å². The number of hydrogen-bond donors (Lipinski definition) is 3. The minimum Gasteiger partial charge on any atom is -0.369 e. The fourth-order valence-electron chi connectivity index (χ4n) is 3.91. The van der Waals surface area contributed by atoms with Crippen LogP contribution in [0.25, 0.3) is 11.0 Å². The lowest BCUT2D eigenvalue weighted by Gasteiger charge is -2.31. The maximum atomic E-state index is 12.8. The number of pyridine rings is 1. The predicted octanol–water partition coefficient (Wildman–Crippen LogP) is 2.82. The summed E-state index contributed by atoms with van der Waals surface area (Å²) in [5, 5.41) is 3.96. The number of nitrogens with one attached hydrogen (secondary N) is 2. The maximum Gasteiger partial charge on any atom is 0.257 e. The molecule has 1 aliphatic heterocycles. The minimum atomic E-state index is -0.237. The van der Waals surface area contributed by atoms with Gasteiger partial charge in [-0.3, -0.25) is 14.5 Å². The third-order valence-corrected chi connectivity index (χ3v) is 5.57. The standard InChI is InChI=1S/C22H25N5O2/c1-14-10-24-21-18(14)9-17(11-25-21)22(29)26-19-7-3-2-5-15(19)12-27-8-4-6-16(13-27)20(23)28/h2-3,5,7,9-11,16H,4,6,8,12-13H2,1H3,(H2,23,28)(H,24,25)(H,26,29). The van der Waals surface area contributed by atoms with Gasteiger partial charge in [-0.15, -0.1) is 0 Å². The average Bonchev–Trinajstić information content (AvgIpc) is 3.10. The van der Waals surface area contributed by atoms with Crippen LogP contribution in [-0.4, -0.2) is 39.8 Å². The summed E-state index contributed by atoms with van der Waals surface area (Å²) in [4.78, 5) is 34.0. The van der Waals surface area contributed by atoms with Gasteiger partial charge in [0.15, 0.2) is 0 Å². The summed E-state index contributed by atoms with van der Waals surface area (Å²) >= 11 is 0. The molecule has 1 aromatic carbocycles. The van der Waals surface area contributed by atoms with Gasteiger partial charge in [0, 0.05) is 36.6 Å². The molecule has 0 spiro atoms. The van der Waals surface area contributed by atoms with E-state index in [1.165, 1.54) is 0 Å². The summed E-state index contributed by atoms with van der Waals surface area (Å²) in [6.45, 7) is 4.22. The number of primary amides is 1. The number of rotatable bonds is 5. The Balaban J connectivity index is 1.51. The van der Waals surface area contributed by atoms with Crippen LogP contribution in [0.3, 0.4) is 0 Å². The second-order valence-electron chi connectivity index (χ2n) is 7.68. The van der Waals surface area contributed by atoms with Crippen molar-refractivity contribution in [1.82, 2.24) is 14.9 Å². The molecule has 29 heavy (non-hydrogen) atoms. The number of fused-ring (bicyclic) bond motifs is 1. The number of nitrogens with zero attached hydrogens (tertiary/aromatic N) is 2. The Morgan fingerprint density at radius 3 is 3.00 bits per heavy atom. The van der Waals surface area contributed by atoms with Crippen molar-refractivity contribution in [1.29, 1.82) is 0 Å². The van der Waals surface area contributed by atoms with Gasteiger partial charge in [0.1, 0.15) is 5.65 Å². The van der Waals surface area contributed by atoms with E-state index in [0.717, 1.165) is 47.2 Å². The Bertz CT molecular complexity index is 1060. The second-order valence-corrected chi connectivity index (χ2v) is 7.68. The van der Waals surface area contributed by atoms with Crippen LogP contribution < -0.4 is 11.1 Å². The molecule has 4 N–H and O–H groups in total. The summed E-state index contributed by atoms with van der Waals surface area (Å²) in [5.74, 6) is -0.534. The van der Waals surface area contributed by atoms with Gasteiger partial charge in [0.25, 0.3) is 5.91 Å². The molecular formula is C22H25N5O2. The number of likely N-dealkylation sites (tertiary alicyclic amines) is 1. The number of aryl methyl sites for hydroxylation is 1. The van der Waals surface area contributed by atoms with E-state index >= 15 is 0 Å². The number of amides is 2. The summed E-state index contributed by atoms with van der Waals surface area (Å²) in [5.41, 5.74) is 9.61. The van der Waals surface area contributed by atoms with Gasteiger partial charge >= 0.3 is 0 Å². The van der Waals surface area contributed by atoms with Crippen LogP contribution in [0.5, 0.6) is 0 Å². The molecule has 150 valence electrons. The topological polar surface area (TPSA) is 104 Å². The summed E-state index contributed by atoms with van der Waals surface area (Å²) in [6, 6.07) is 9.61. The first-order valence-corrected chi connectivity index (χ1v) is 9.86. The first-order valence-electron chi connectivity index (χ1n) is 9.86. The van der Waals surface area contributed by atoms with Crippen molar-refractivity contribution < 1.29 is 9.59 Å². The Morgan fingerprint density at radius 2 is 2.17 bits per heavy atom. The molecule has 0 radical (unpaired) electrons. The number of hydrogen-bond acceptors (Lipinski definition) is 4. The van der Waals surface area contributed by atoms with E-state index in [4.69, 9.17) is 5.73 Å². The molecule has 4 rings (SSSR count). The molecule has 2 amide bonds. The molecule has 1 saturated heterocycles. The van der Waals surface area contributed by atoms with E-state index in [-0.39, 0.29) is 17.7 Å². The molecule has 7 heteroatoms. The van der Waals surface area contributed by atoms with E-state index in [9.17, 15) is 9.59 Å². The van der Waals surface area contributed by atoms with Crippen LogP contribution in [0.2, 0.25) is 0 Å². The van der Waals surface area contributed by atoms with Crippen molar-refractivity contribution in [3.8, 4) is 0 Å². The number of benzene rings is 1. The van der Waals surface area contributed by atoms with E-state index in [1.807, 2.05) is 43.5 Å². The number of carbonyl (C=O) groups excluding carboxylic acids is 2. The second kappa shape index (κ2) is 8.05. The SMILES string of the molecule is Cc1c[nH]c2ncc(C(=O)Nc3ccccc3CN3CCCC(C(N)=O)C3)cc12. The number of H-pyrrole nitrogens is 1. The predicted molar refractivity (Wildman–Crippen MR) is 112 cm³/mol. The van der Waals surface area contributed by atoms with Gasteiger partial charge in [-0.1, -0.05) is 18.2 Å². The number of aromatic amines is 1. The van der Waals surface area contributed by atoms with E-state index < -0.39 is 0 Å². The molecule has 7 nitrogen and oxygen atoms in total. The van der Waals surface area contributed by atoms with Gasteiger partial charge in [-0.2, -0.15) is 0 Å². The molecular weight excluding hydrogens is 366 g/mol. The van der Waals surface area contributed by atoms with Crippen molar-refractivity contribution in [3.63, 3.8) is 0 Å². The van der Waals surface area contributed by atoms with Crippen molar-refractivity contribution in [2.45, 2.75) is 26.3 Å². The van der Waals surface area contributed by atoms with Crippen molar-refractivity contribution >= 4 is 28.5 Å². The highest BCUT2D eigenvalue weighted by atomic mass is 16.2. The molecule has 1 fully saturated rings. The number of piperidine rings is 1. The van der Waals surface area contributed by atoms with E-state index in [1.54, 1.807) is 6.20 Å². The number of aromatic nitrogens is 2. The maximum absolute atomic E-state index is 12.8. The van der Waals surface area contributed by atoms with Crippen LogP contribution in [0, 0.1) is 12.8 Å². The smallest absolute Gasteiger partial charge is 0.257 e. The molecule has 0 aliphatic carbocycles. The molecule has 3 aromatic rings. The Kier molecular flexibility index (Phi) is 5.31. The van der Waals surface area contributed by atoms with Crippen LogP contribution in [0.15, 0.2) is 42.7 Å². The highest BCUT2D eigenvalue weighted by Crippen LogP contribution is 2.23. The van der Waals surface area contributed by atoms with Gasteiger partial charge in [0.2, 0.25) is 5.91 Å². The molecule has 2 aromatic heterocycles. The Hall–Kier alpha value is -3.19. The lowest BCUT2D eigenvalue weighted by molar-refractivity contribution is -0.123. The monoisotopic (exact) mass is 391 g/mol. The largest absolute Gasteiger partial charge is 0.369 e. The zero-order valence-corrected chi connectivity index (χ0v) is 16.4. The van der Waals surface area contributed by atoms with E-state index in [0.29, 0.717) is 18.7 Å². The molecule has 0 bridgehead atoms. The highest BCUT2D eigenvalue weighted by Gasteiger charge is 2.24. The molecule has 1 unspecified atom stereocenters. The van der Waals surface area contributed by atoms with Crippen molar-refractivity contribution in [2.24, 2.45) is 11.7 Å². The Labute approximate surface area is 169 Å². The number of nitrogens with two attached hydrogens (primary N) is 1. The fourth-order valence-corrected chi connectivity index (χ4v) is 3.91. The summed E-state index contributed by atoms with van der Waals surface area (Å²) < 4.78 is 0. The quantitative estimate of drug-likeness (QED) is 0.622. The van der Waals surface area contributed by atoms with Crippen molar-refractivity contribution in [2.75, 3.05) is 18.4 Å². The lowest BCUT2D eigenvalue weighted by atomic mass is 9.97. The van der Waals surface area contributed by atoms with Gasteiger partial charge < -0.3 is 16.0 Å². The van der Waals surface area contributed by atoms with Crippen LogP contribution >= 0.6 is 0 Å². The minimum absolute atomic E-state index is 0.104. The van der Waals surface area contributed by atoms with Gasteiger partial charge in [0.05, 0.1) is 11.5 Å². The number of anilines is 1. The highest BCUT2D eigenvalue weighted by molar-refractivity contribution is 6.06. The zero-order chi connectivity index (χ0) is 20.4. The number of para-hydroxylation sites is 1. The zero-order valence-electron chi connectivity index (χ0n) is 16.4. The average molecular weight is 391 g/mol. The first-order chi connectivity index (χ1) is 14.0. The van der Waals surface area contributed by atoms with Crippen LogP contribution in [0.4, 0.5) is 5.69 Å². The number of carbonyl (C=O) groups is 2. The third kappa shape index (κ3) is 4.14. The lowest BCUT2D eigenvalue weighted by Crippen LogP contribution is -2.40. The third-order valence-electron chi connectivity index (χ3n) is 5.57. The van der Waals surface area contributed by atoms with Crippen LogP contribution in [0.1, 0.15) is 34.3 Å². The van der Waals surface area contributed by atoms with Gasteiger partial charge in [-0.25, -0.2) is 4.98 Å². The van der Waals surface area contributed by atoms with E-state index in [2.05, 4.69) is 20.2 Å². The Morgan fingerprint density at radius 1 is 1.34 bits per heavy atom. The fraction of sp³-hybridized carbons (Fsp3) is 0.318. The van der Waals surface area contributed by atoms with Crippen molar-refractivity contribution in [3.05, 3.63) is 59.4 Å². The molecule has 0 saturated carbocycles. The summed E-state index contributed by atoms with van der Waals surface area (Å²) in [7, 11) is 0. The molecule has 1 aliphatic rings. The molecule has 1 atom stereocenters. The molecule has 3 heterocycles. The summed E-state index contributed by atoms with van der Waals surface area (Å²) in [6.07, 6.45) is 5.26. The first kappa shape index (κ1) is 19.1. The van der Waals surface area contributed by atoms with Gasteiger partial charge in [-0.05, 0) is 49.6 Å².